The Balaban J connectivity index is 1.49. The van der Waals surface area contributed by atoms with Crippen LogP contribution >= 0.6 is 23.2 Å². The molecule has 3 aromatic rings. The van der Waals surface area contributed by atoms with Gasteiger partial charge < -0.3 is 4.90 Å². The lowest BCUT2D eigenvalue weighted by molar-refractivity contribution is 0.0697. The highest BCUT2D eigenvalue weighted by Crippen LogP contribution is 2.27. The Morgan fingerprint density at radius 3 is 2.38 bits per heavy atom. The molecule has 0 N–H and O–H groups in total. The summed E-state index contributed by atoms with van der Waals surface area (Å²) in [5.41, 5.74) is 1.10. The zero-order valence-corrected chi connectivity index (χ0v) is 19.3. The Hall–Kier alpha value is -2.46. The number of nitrogens with zero attached hydrogens (tertiary/aromatic N) is 4. The van der Waals surface area contributed by atoms with Gasteiger partial charge in [-0.1, -0.05) is 35.3 Å². The number of benzene rings is 2. The Bertz CT molecular complexity index is 1290. The SMILES string of the molecule is Cc1c(C(=O)N2CCN(S(=O)(=O)c3ccc(Cl)c(Cl)c3)CC2)cnn1-c1ccccc1F. The maximum atomic E-state index is 14.1. The molecule has 1 aliphatic rings. The molecule has 0 aliphatic carbocycles. The van der Waals surface area contributed by atoms with Gasteiger partial charge in [0, 0.05) is 26.2 Å². The number of amides is 1. The van der Waals surface area contributed by atoms with Gasteiger partial charge in [0.1, 0.15) is 11.5 Å². The molecule has 1 saturated heterocycles. The summed E-state index contributed by atoms with van der Waals surface area (Å²) in [7, 11) is -3.77. The molecule has 1 fully saturated rings. The highest BCUT2D eigenvalue weighted by Gasteiger charge is 2.32. The van der Waals surface area contributed by atoms with Gasteiger partial charge in [0.2, 0.25) is 10.0 Å². The van der Waals surface area contributed by atoms with Gasteiger partial charge in [-0.25, -0.2) is 17.5 Å². The zero-order valence-electron chi connectivity index (χ0n) is 17.0. The molecule has 1 aromatic heterocycles. The molecule has 1 aliphatic heterocycles. The van der Waals surface area contributed by atoms with Gasteiger partial charge in [-0.3, -0.25) is 4.79 Å². The summed E-state index contributed by atoms with van der Waals surface area (Å²) in [6.45, 7) is 2.38. The van der Waals surface area contributed by atoms with Crippen molar-refractivity contribution in [3.8, 4) is 5.69 Å². The standard InChI is InChI=1S/C21H19Cl2FN4O3S/c1-14-16(13-25-28(14)20-5-3-2-4-19(20)24)21(29)26-8-10-27(11-9-26)32(30,31)15-6-7-17(22)18(23)12-15/h2-7,12-13H,8-11H2,1H3. The van der Waals surface area contributed by atoms with Crippen molar-refractivity contribution >= 4 is 39.1 Å². The first-order chi connectivity index (χ1) is 15.2. The molecule has 11 heteroatoms. The summed E-state index contributed by atoms with van der Waals surface area (Å²) in [5.74, 6) is -0.726. The maximum Gasteiger partial charge on any atom is 0.257 e. The predicted octanol–water partition coefficient (Wildman–Crippen LogP) is 3.77. The third-order valence-corrected chi connectivity index (χ3v) is 8.01. The molecule has 32 heavy (non-hydrogen) atoms. The smallest absolute Gasteiger partial charge is 0.257 e. The van der Waals surface area contributed by atoms with Crippen LogP contribution in [-0.4, -0.2) is 59.5 Å². The van der Waals surface area contributed by atoms with E-state index in [1.165, 1.54) is 39.4 Å². The Labute approximate surface area is 195 Å². The molecule has 0 bridgehead atoms. The van der Waals surface area contributed by atoms with Crippen LogP contribution in [0, 0.1) is 12.7 Å². The number of hydrogen-bond acceptors (Lipinski definition) is 4. The molecule has 2 heterocycles. The number of halogens is 3. The Morgan fingerprint density at radius 2 is 1.72 bits per heavy atom. The number of piperazine rings is 1. The molecular formula is C21H19Cl2FN4O3S. The molecule has 1 amide bonds. The lowest BCUT2D eigenvalue weighted by Gasteiger charge is -2.34. The zero-order chi connectivity index (χ0) is 23.0. The van der Waals surface area contributed by atoms with Gasteiger partial charge >= 0.3 is 0 Å². The number of carbonyl (C=O) groups excluding carboxylic acids is 1. The third kappa shape index (κ3) is 4.13. The van der Waals surface area contributed by atoms with Crippen molar-refractivity contribution in [1.82, 2.24) is 19.0 Å². The van der Waals surface area contributed by atoms with E-state index in [0.29, 0.717) is 11.3 Å². The third-order valence-electron chi connectivity index (χ3n) is 5.38. The number of rotatable bonds is 4. The van der Waals surface area contributed by atoms with E-state index < -0.39 is 15.8 Å². The fourth-order valence-corrected chi connectivity index (χ4v) is 5.39. The van der Waals surface area contributed by atoms with Crippen LogP contribution in [0.15, 0.2) is 53.6 Å². The summed E-state index contributed by atoms with van der Waals surface area (Å²) in [6.07, 6.45) is 1.41. The average molecular weight is 497 g/mol. The second-order valence-corrected chi connectivity index (χ2v) is 10.0. The lowest BCUT2D eigenvalue weighted by Crippen LogP contribution is -2.50. The van der Waals surface area contributed by atoms with Crippen LogP contribution in [0.25, 0.3) is 5.69 Å². The average Bonchev–Trinajstić information content (AvgIpc) is 3.16. The highest BCUT2D eigenvalue weighted by atomic mass is 35.5. The van der Waals surface area contributed by atoms with Crippen molar-refractivity contribution in [2.75, 3.05) is 26.2 Å². The second-order valence-electron chi connectivity index (χ2n) is 7.28. The van der Waals surface area contributed by atoms with Gasteiger partial charge in [-0.05, 0) is 37.3 Å². The molecule has 2 aromatic carbocycles. The van der Waals surface area contributed by atoms with Crippen molar-refractivity contribution in [3.63, 3.8) is 0 Å². The first-order valence-corrected chi connectivity index (χ1v) is 11.9. The van der Waals surface area contributed by atoms with Crippen LogP contribution in [0.1, 0.15) is 16.1 Å². The minimum Gasteiger partial charge on any atom is -0.336 e. The monoisotopic (exact) mass is 496 g/mol. The summed E-state index contributed by atoms with van der Waals surface area (Å²) >= 11 is 11.8. The van der Waals surface area contributed by atoms with E-state index in [1.807, 2.05) is 0 Å². The van der Waals surface area contributed by atoms with Crippen LogP contribution in [0.2, 0.25) is 10.0 Å². The Morgan fingerprint density at radius 1 is 1.03 bits per heavy atom. The molecular weight excluding hydrogens is 478 g/mol. The molecule has 0 unspecified atom stereocenters. The number of para-hydroxylation sites is 1. The number of aromatic nitrogens is 2. The van der Waals surface area contributed by atoms with Crippen LogP contribution in [0.4, 0.5) is 4.39 Å². The van der Waals surface area contributed by atoms with Crippen molar-refractivity contribution in [2.45, 2.75) is 11.8 Å². The second kappa shape index (κ2) is 8.82. The van der Waals surface area contributed by atoms with Crippen molar-refractivity contribution in [3.05, 3.63) is 75.8 Å². The summed E-state index contributed by atoms with van der Waals surface area (Å²) in [4.78, 5) is 14.7. The molecule has 0 radical (unpaired) electrons. The largest absolute Gasteiger partial charge is 0.336 e. The van der Waals surface area contributed by atoms with Gasteiger partial charge in [0.15, 0.2) is 0 Å². The van der Waals surface area contributed by atoms with E-state index >= 15 is 0 Å². The fourth-order valence-electron chi connectivity index (χ4n) is 3.57. The molecule has 0 saturated carbocycles. The van der Waals surface area contributed by atoms with E-state index in [2.05, 4.69) is 5.10 Å². The topological polar surface area (TPSA) is 75.5 Å². The minimum absolute atomic E-state index is 0.0497. The number of sulfonamides is 1. The first kappa shape index (κ1) is 22.7. The van der Waals surface area contributed by atoms with Gasteiger partial charge in [0.05, 0.1) is 32.4 Å². The summed E-state index contributed by atoms with van der Waals surface area (Å²) in [5, 5.41) is 4.60. The van der Waals surface area contributed by atoms with Crippen LogP contribution < -0.4 is 0 Å². The van der Waals surface area contributed by atoms with Crippen molar-refractivity contribution in [2.24, 2.45) is 0 Å². The fraction of sp³-hybridized carbons (Fsp3) is 0.238. The van der Waals surface area contributed by atoms with Gasteiger partial charge in [-0.15, -0.1) is 0 Å². The Kier molecular flexibility index (Phi) is 6.26. The molecule has 0 atom stereocenters. The normalized spacial score (nSPS) is 15.2. The van der Waals surface area contributed by atoms with E-state index in [9.17, 15) is 17.6 Å². The molecule has 4 rings (SSSR count). The van der Waals surface area contributed by atoms with Crippen LogP contribution in [0.3, 0.4) is 0 Å². The molecule has 168 valence electrons. The van der Waals surface area contributed by atoms with Crippen molar-refractivity contribution in [1.29, 1.82) is 0 Å². The number of hydrogen-bond donors (Lipinski definition) is 0. The minimum atomic E-state index is -3.77. The molecule has 0 spiro atoms. The first-order valence-electron chi connectivity index (χ1n) is 9.74. The maximum absolute atomic E-state index is 14.1. The van der Waals surface area contributed by atoms with Gasteiger partial charge in [-0.2, -0.15) is 9.40 Å². The lowest BCUT2D eigenvalue weighted by atomic mass is 10.2. The van der Waals surface area contributed by atoms with Gasteiger partial charge in [0.25, 0.3) is 5.91 Å². The highest BCUT2D eigenvalue weighted by molar-refractivity contribution is 7.89. The summed E-state index contributed by atoms with van der Waals surface area (Å²) in [6, 6.07) is 10.3. The van der Waals surface area contributed by atoms with Crippen molar-refractivity contribution < 1.29 is 17.6 Å². The van der Waals surface area contributed by atoms with E-state index in [-0.39, 0.29) is 52.7 Å². The van der Waals surface area contributed by atoms with Crippen LogP contribution in [0.5, 0.6) is 0 Å². The summed E-state index contributed by atoms with van der Waals surface area (Å²) < 4.78 is 42.7. The van der Waals surface area contributed by atoms with E-state index in [4.69, 9.17) is 23.2 Å². The van der Waals surface area contributed by atoms with E-state index in [0.717, 1.165) is 0 Å². The quantitative estimate of drug-likeness (QED) is 0.550. The molecule has 7 nitrogen and oxygen atoms in total. The van der Waals surface area contributed by atoms with E-state index in [1.54, 1.807) is 30.0 Å². The number of carbonyl (C=O) groups is 1. The van der Waals surface area contributed by atoms with Crippen LogP contribution in [-0.2, 0) is 10.0 Å². The predicted molar refractivity (Wildman–Crippen MR) is 119 cm³/mol.